The molecule has 0 saturated heterocycles. The van der Waals surface area contributed by atoms with Crippen molar-refractivity contribution in [2.45, 2.75) is 20.1 Å². The molecule has 150 valence electrons. The average molecular weight is 410 g/mol. The van der Waals surface area contributed by atoms with E-state index in [0.717, 1.165) is 21.9 Å². The van der Waals surface area contributed by atoms with Crippen LogP contribution in [0.15, 0.2) is 60.0 Å². The fraction of sp³-hybridized carbons (Fsp3) is 0.190. The number of thiazole rings is 1. The number of aryl methyl sites for hydroxylation is 1. The number of esters is 1. The molecular weight excluding hydrogens is 388 g/mol. The molecule has 0 atom stereocenters. The zero-order chi connectivity index (χ0) is 20.5. The summed E-state index contributed by atoms with van der Waals surface area (Å²) in [5.41, 5.74) is 3.72. The Morgan fingerprint density at radius 1 is 1.03 bits per heavy atom. The second kappa shape index (κ2) is 10.2. The molecule has 0 saturated carbocycles. The molecule has 0 fully saturated rings. The number of ether oxygens (including phenoxy) is 1. The summed E-state index contributed by atoms with van der Waals surface area (Å²) >= 11 is 1.43. The van der Waals surface area contributed by atoms with Gasteiger partial charge in [0.1, 0.15) is 13.2 Å². The first-order chi connectivity index (χ1) is 14.1. The Hall–Kier alpha value is -3.39. The minimum absolute atomic E-state index is 0.0537. The second-order valence-corrected chi connectivity index (χ2v) is 7.12. The van der Waals surface area contributed by atoms with Gasteiger partial charge in [-0.25, -0.2) is 9.78 Å². The van der Waals surface area contributed by atoms with Crippen LogP contribution in [0.25, 0.3) is 0 Å². The molecule has 7 nitrogen and oxygen atoms in total. The van der Waals surface area contributed by atoms with Crippen LogP contribution in [0.3, 0.4) is 0 Å². The molecule has 3 N–H and O–H groups in total. The van der Waals surface area contributed by atoms with Crippen LogP contribution >= 0.6 is 11.3 Å². The van der Waals surface area contributed by atoms with Crippen LogP contribution in [0.1, 0.15) is 16.8 Å². The van der Waals surface area contributed by atoms with Gasteiger partial charge >= 0.3 is 12.0 Å². The third-order valence-corrected chi connectivity index (χ3v) is 4.82. The van der Waals surface area contributed by atoms with Crippen LogP contribution in [-0.4, -0.2) is 23.5 Å². The average Bonchev–Trinajstić information content (AvgIpc) is 3.19. The van der Waals surface area contributed by atoms with E-state index in [4.69, 9.17) is 4.74 Å². The predicted molar refractivity (Wildman–Crippen MR) is 113 cm³/mol. The molecule has 1 heterocycles. The maximum Gasteiger partial charge on any atom is 0.325 e. The number of hydrogen-bond acceptors (Lipinski definition) is 6. The van der Waals surface area contributed by atoms with E-state index in [2.05, 4.69) is 20.9 Å². The highest BCUT2D eigenvalue weighted by molar-refractivity contribution is 7.13. The van der Waals surface area contributed by atoms with Crippen molar-refractivity contribution in [2.24, 2.45) is 0 Å². The van der Waals surface area contributed by atoms with Crippen molar-refractivity contribution < 1.29 is 14.3 Å². The lowest BCUT2D eigenvalue weighted by molar-refractivity contribution is -0.143. The van der Waals surface area contributed by atoms with E-state index in [0.29, 0.717) is 12.2 Å². The van der Waals surface area contributed by atoms with Crippen LogP contribution in [-0.2, 0) is 22.7 Å². The molecule has 29 heavy (non-hydrogen) atoms. The highest BCUT2D eigenvalue weighted by Gasteiger charge is 2.09. The number of nitrogens with one attached hydrogen (secondary N) is 3. The van der Waals surface area contributed by atoms with E-state index < -0.39 is 12.0 Å². The quantitative estimate of drug-likeness (QED) is 0.492. The van der Waals surface area contributed by atoms with E-state index >= 15 is 0 Å². The highest BCUT2D eigenvalue weighted by Crippen LogP contribution is 2.23. The molecule has 0 aliphatic rings. The molecule has 0 aliphatic heterocycles. The second-order valence-electron chi connectivity index (χ2n) is 6.27. The summed E-state index contributed by atoms with van der Waals surface area (Å²) in [6.45, 7) is 2.25. The Morgan fingerprint density at radius 2 is 1.79 bits per heavy atom. The lowest BCUT2D eigenvalue weighted by atomic mass is 10.2. The van der Waals surface area contributed by atoms with E-state index in [-0.39, 0.29) is 13.2 Å². The number of para-hydroxylation sites is 1. The number of nitrogens with zero attached hydrogens (tertiary/aromatic N) is 1. The Morgan fingerprint density at radius 3 is 2.59 bits per heavy atom. The lowest BCUT2D eigenvalue weighted by Crippen LogP contribution is -2.38. The number of carbonyl (C=O) groups is 2. The summed E-state index contributed by atoms with van der Waals surface area (Å²) in [6, 6.07) is 17.0. The first kappa shape index (κ1) is 20.3. The van der Waals surface area contributed by atoms with Crippen LogP contribution in [0.5, 0.6) is 0 Å². The van der Waals surface area contributed by atoms with Crippen molar-refractivity contribution in [3.05, 3.63) is 76.8 Å². The summed E-state index contributed by atoms with van der Waals surface area (Å²) in [4.78, 5) is 28.0. The normalized spacial score (nSPS) is 10.2. The maximum absolute atomic E-state index is 11.8. The van der Waals surface area contributed by atoms with Gasteiger partial charge in [0.15, 0.2) is 5.13 Å². The molecule has 0 aliphatic carbocycles. The van der Waals surface area contributed by atoms with Gasteiger partial charge in [0.05, 0.1) is 5.69 Å². The minimum Gasteiger partial charge on any atom is -0.458 e. The van der Waals surface area contributed by atoms with Crippen molar-refractivity contribution in [2.75, 3.05) is 11.9 Å². The van der Waals surface area contributed by atoms with Crippen molar-refractivity contribution >= 4 is 34.2 Å². The zero-order valence-corrected chi connectivity index (χ0v) is 16.8. The van der Waals surface area contributed by atoms with Crippen molar-refractivity contribution in [1.29, 1.82) is 0 Å². The topological polar surface area (TPSA) is 92.4 Å². The summed E-state index contributed by atoms with van der Waals surface area (Å²) in [5.74, 6) is -0.527. The van der Waals surface area contributed by atoms with E-state index in [1.54, 1.807) is 0 Å². The molecule has 0 unspecified atom stereocenters. The third kappa shape index (κ3) is 6.62. The number of benzene rings is 2. The number of aromatic nitrogens is 1. The van der Waals surface area contributed by atoms with Crippen molar-refractivity contribution in [3.8, 4) is 0 Å². The Bertz CT molecular complexity index is 959. The molecule has 2 amide bonds. The number of anilines is 2. The van der Waals surface area contributed by atoms with Gasteiger partial charge in [-0.1, -0.05) is 48.5 Å². The molecule has 0 spiro atoms. The van der Waals surface area contributed by atoms with Gasteiger partial charge in [0, 0.05) is 17.6 Å². The number of amides is 2. The van der Waals surface area contributed by atoms with Gasteiger partial charge in [0.2, 0.25) is 0 Å². The fourth-order valence-corrected chi connectivity index (χ4v) is 3.16. The van der Waals surface area contributed by atoms with E-state index in [1.165, 1.54) is 11.3 Å². The van der Waals surface area contributed by atoms with Crippen LogP contribution < -0.4 is 16.0 Å². The summed E-state index contributed by atoms with van der Waals surface area (Å²) in [5, 5.41) is 11.0. The monoisotopic (exact) mass is 410 g/mol. The summed E-state index contributed by atoms with van der Waals surface area (Å²) in [6.07, 6.45) is 0. The maximum atomic E-state index is 11.8. The van der Waals surface area contributed by atoms with Crippen molar-refractivity contribution in [1.82, 2.24) is 15.6 Å². The van der Waals surface area contributed by atoms with Crippen molar-refractivity contribution in [3.63, 3.8) is 0 Å². The highest BCUT2D eigenvalue weighted by atomic mass is 32.1. The smallest absolute Gasteiger partial charge is 0.325 e. The lowest BCUT2D eigenvalue weighted by Gasteiger charge is -2.08. The van der Waals surface area contributed by atoms with Gasteiger partial charge in [-0.05, 0) is 24.1 Å². The number of rotatable bonds is 8. The predicted octanol–water partition coefficient (Wildman–Crippen LogP) is 3.74. The number of hydrogen-bond donors (Lipinski definition) is 3. The summed E-state index contributed by atoms with van der Waals surface area (Å²) in [7, 11) is 0. The molecule has 0 bridgehead atoms. The Balaban J connectivity index is 1.37. The molecule has 0 radical (unpaired) electrons. The molecule has 2 aromatic carbocycles. The number of carbonyl (C=O) groups excluding carboxylic acids is 2. The molecule has 3 rings (SSSR count). The van der Waals surface area contributed by atoms with Gasteiger partial charge in [-0.2, -0.15) is 0 Å². The van der Waals surface area contributed by atoms with Crippen LogP contribution in [0.4, 0.5) is 15.6 Å². The Labute approximate surface area is 173 Å². The first-order valence-electron chi connectivity index (χ1n) is 9.08. The van der Waals surface area contributed by atoms with E-state index in [1.807, 2.05) is 66.9 Å². The molecule has 8 heteroatoms. The van der Waals surface area contributed by atoms with Crippen LogP contribution in [0, 0.1) is 6.92 Å². The SMILES string of the molecule is Cc1ccccc1Nc1nc(COC(=O)CNC(=O)NCc2ccccc2)cs1. The molecule has 3 aromatic rings. The standard InChI is InChI=1S/C21H22N4O3S/c1-15-7-5-6-10-18(15)25-21-24-17(14-29-21)13-28-19(26)12-23-20(27)22-11-16-8-3-2-4-9-16/h2-10,14H,11-13H2,1H3,(H,24,25)(H2,22,23,27). The largest absolute Gasteiger partial charge is 0.458 e. The minimum atomic E-state index is -0.527. The third-order valence-electron chi connectivity index (χ3n) is 4.01. The fourth-order valence-electron chi connectivity index (χ4n) is 2.46. The summed E-state index contributed by atoms with van der Waals surface area (Å²) < 4.78 is 5.16. The molecular formula is C21H22N4O3S. The number of urea groups is 1. The van der Waals surface area contributed by atoms with Crippen LogP contribution in [0.2, 0.25) is 0 Å². The first-order valence-corrected chi connectivity index (χ1v) is 9.96. The van der Waals surface area contributed by atoms with Gasteiger partial charge in [-0.15, -0.1) is 11.3 Å². The Kier molecular flexibility index (Phi) is 7.18. The van der Waals surface area contributed by atoms with Gasteiger partial charge < -0.3 is 20.7 Å². The molecule has 1 aromatic heterocycles. The zero-order valence-electron chi connectivity index (χ0n) is 16.0. The van der Waals surface area contributed by atoms with Gasteiger partial charge in [-0.3, -0.25) is 4.79 Å². The van der Waals surface area contributed by atoms with Gasteiger partial charge in [0.25, 0.3) is 0 Å². The van der Waals surface area contributed by atoms with E-state index in [9.17, 15) is 9.59 Å².